The molecule has 2 heterocycles. The first-order valence-electron chi connectivity index (χ1n) is 8.92. The Hall–Kier alpha value is -2.30. The Labute approximate surface area is 148 Å². The van der Waals surface area contributed by atoms with Crippen LogP contribution in [0.5, 0.6) is 5.75 Å². The molecule has 2 N–H and O–H groups in total. The average Bonchev–Trinajstić information content (AvgIpc) is 2.93. The number of para-hydroxylation sites is 1. The number of benzene rings is 2. The summed E-state index contributed by atoms with van der Waals surface area (Å²) in [5.41, 5.74) is 4.85. The number of aromatic nitrogens is 1. The highest BCUT2D eigenvalue weighted by molar-refractivity contribution is 5.85. The van der Waals surface area contributed by atoms with Crippen LogP contribution in [0.1, 0.15) is 22.9 Å². The molecule has 1 aromatic heterocycles. The highest BCUT2D eigenvalue weighted by Crippen LogP contribution is 2.37. The molecule has 1 aliphatic rings. The molecular formula is C21H25N3O. The standard InChI is InChI=1S/C21H25N3O/c1-15-20(18-8-3-4-9-19(18)22-15)21(16-6-5-7-17(25)14-16)24-12-10-23(2)11-13-24/h3-9,14,21-22,25H,10-13H2,1-2H3. The summed E-state index contributed by atoms with van der Waals surface area (Å²) in [6, 6.07) is 16.4. The number of aromatic amines is 1. The molecule has 3 aromatic rings. The molecule has 2 aromatic carbocycles. The van der Waals surface area contributed by atoms with E-state index in [1.807, 2.05) is 12.1 Å². The number of fused-ring (bicyclic) bond motifs is 1. The van der Waals surface area contributed by atoms with Gasteiger partial charge < -0.3 is 15.0 Å². The van der Waals surface area contributed by atoms with Gasteiger partial charge in [-0.15, -0.1) is 0 Å². The summed E-state index contributed by atoms with van der Waals surface area (Å²) in [6.07, 6.45) is 0. The number of rotatable bonds is 3. The van der Waals surface area contributed by atoms with Crippen LogP contribution in [0, 0.1) is 6.92 Å². The van der Waals surface area contributed by atoms with E-state index in [0.29, 0.717) is 5.75 Å². The molecule has 1 fully saturated rings. The van der Waals surface area contributed by atoms with E-state index in [1.54, 1.807) is 6.07 Å². The Morgan fingerprint density at radius 1 is 1.00 bits per heavy atom. The van der Waals surface area contributed by atoms with E-state index >= 15 is 0 Å². The van der Waals surface area contributed by atoms with Gasteiger partial charge in [-0.3, -0.25) is 4.90 Å². The summed E-state index contributed by atoms with van der Waals surface area (Å²) < 4.78 is 0. The van der Waals surface area contributed by atoms with Gasteiger partial charge in [-0.05, 0) is 37.7 Å². The van der Waals surface area contributed by atoms with Crippen LogP contribution in [0.25, 0.3) is 10.9 Å². The maximum absolute atomic E-state index is 10.0. The van der Waals surface area contributed by atoms with Crippen molar-refractivity contribution in [3.05, 3.63) is 65.4 Å². The van der Waals surface area contributed by atoms with Gasteiger partial charge in [0.2, 0.25) is 0 Å². The Bertz CT molecular complexity index is 878. The summed E-state index contributed by atoms with van der Waals surface area (Å²) in [5.74, 6) is 0.328. The van der Waals surface area contributed by atoms with E-state index in [4.69, 9.17) is 0 Å². The zero-order chi connectivity index (χ0) is 17.4. The third kappa shape index (κ3) is 3.03. The van der Waals surface area contributed by atoms with Crippen molar-refractivity contribution < 1.29 is 5.11 Å². The third-order valence-electron chi connectivity index (χ3n) is 5.31. The van der Waals surface area contributed by atoms with Gasteiger partial charge in [0, 0.05) is 48.3 Å². The van der Waals surface area contributed by atoms with Crippen LogP contribution < -0.4 is 0 Å². The van der Waals surface area contributed by atoms with E-state index in [9.17, 15) is 5.11 Å². The maximum Gasteiger partial charge on any atom is 0.115 e. The molecule has 0 bridgehead atoms. The molecule has 1 atom stereocenters. The molecular weight excluding hydrogens is 310 g/mol. The predicted octanol–water partition coefficient (Wildman–Crippen LogP) is 3.52. The minimum atomic E-state index is 0.150. The number of aromatic hydroxyl groups is 1. The molecule has 0 saturated carbocycles. The Morgan fingerprint density at radius 2 is 1.76 bits per heavy atom. The van der Waals surface area contributed by atoms with Crippen molar-refractivity contribution in [2.24, 2.45) is 0 Å². The second kappa shape index (κ2) is 6.54. The first kappa shape index (κ1) is 16.2. The SMILES string of the molecule is Cc1[nH]c2ccccc2c1C(c1cccc(O)c1)N1CCN(C)CC1. The van der Waals surface area contributed by atoms with Gasteiger partial charge in [0.25, 0.3) is 0 Å². The highest BCUT2D eigenvalue weighted by atomic mass is 16.3. The summed E-state index contributed by atoms with van der Waals surface area (Å²) in [5, 5.41) is 11.3. The smallest absolute Gasteiger partial charge is 0.115 e. The maximum atomic E-state index is 10.0. The molecule has 1 saturated heterocycles. The number of nitrogens with one attached hydrogen (secondary N) is 1. The lowest BCUT2D eigenvalue weighted by atomic mass is 9.93. The van der Waals surface area contributed by atoms with Gasteiger partial charge in [-0.25, -0.2) is 0 Å². The van der Waals surface area contributed by atoms with Crippen LogP contribution in [0.4, 0.5) is 0 Å². The molecule has 0 aliphatic carbocycles. The summed E-state index contributed by atoms with van der Waals surface area (Å²) in [4.78, 5) is 8.45. The van der Waals surface area contributed by atoms with Crippen molar-refractivity contribution in [3.63, 3.8) is 0 Å². The van der Waals surface area contributed by atoms with Crippen LogP contribution >= 0.6 is 0 Å². The fourth-order valence-corrected chi connectivity index (χ4v) is 3.99. The fraction of sp³-hybridized carbons (Fsp3) is 0.333. The minimum Gasteiger partial charge on any atom is -0.508 e. The van der Waals surface area contributed by atoms with Gasteiger partial charge in [0.15, 0.2) is 0 Å². The monoisotopic (exact) mass is 335 g/mol. The molecule has 0 amide bonds. The van der Waals surface area contributed by atoms with E-state index in [2.05, 4.69) is 59.1 Å². The molecule has 4 heteroatoms. The summed E-state index contributed by atoms with van der Waals surface area (Å²) in [6.45, 7) is 6.33. The zero-order valence-corrected chi connectivity index (χ0v) is 14.9. The lowest BCUT2D eigenvalue weighted by Crippen LogP contribution is -2.46. The van der Waals surface area contributed by atoms with Crippen LogP contribution in [0.2, 0.25) is 0 Å². The molecule has 130 valence electrons. The van der Waals surface area contributed by atoms with Gasteiger partial charge in [-0.2, -0.15) is 0 Å². The number of nitrogens with zero attached hydrogens (tertiary/aromatic N) is 2. The van der Waals surface area contributed by atoms with Crippen molar-refractivity contribution in [3.8, 4) is 5.75 Å². The first-order valence-corrected chi connectivity index (χ1v) is 8.92. The number of phenols is 1. The Kier molecular flexibility index (Phi) is 4.24. The molecule has 4 nitrogen and oxygen atoms in total. The van der Waals surface area contributed by atoms with Gasteiger partial charge in [0.05, 0.1) is 6.04 Å². The number of H-pyrrole nitrogens is 1. The van der Waals surface area contributed by atoms with Crippen LogP contribution in [-0.2, 0) is 0 Å². The molecule has 0 radical (unpaired) electrons. The van der Waals surface area contributed by atoms with E-state index in [0.717, 1.165) is 31.7 Å². The number of hydrogen-bond acceptors (Lipinski definition) is 3. The van der Waals surface area contributed by atoms with Crippen molar-refractivity contribution in [2.75, 3.05) is 33.2 Å². The van der Waals surface area contributed by atoms with Crippen molar-refractivity contribution >= 4 is 10.9 Å². The Balaban J connectivity index is 1.86. The lowest BCUT2D eigenvalue weighted by molar-refractivity contribution is 0.127. The van der Waals surface area contributed by atoms with E-state index in [1.165, 1.54) is 22.2 Å². The fourth-order valence-electron chi connectivity index (χ4n) is 3.99. The topological polar surface area (TPSA) is 42.5 Å². The van der Waals surface area contributed by atoms with E-state index in [-0.39, 0.29) is 6.04 Å². The first-order chi connectivity index (χ1) is 12.1. The molecule has 1 unspecified atom stereocenters. The Morgan fingerprint density at radius 3 is 2.52 bits per heavy atom. The predicted molar refractivity (Wildman–Crippen MR) is 102 cm³/mol. The minimum absolute atomic E-state index is 0.150. The number of hydrogen-bond donors (Lipinski definition) is 2. The molecule has 4 rings (SSSR count). The second-order valence-electron chi connectivity index (χ2n) is 7.05. The number of aryl methyl sites for hydroxylation is 1. The zero-order valence-electron chi connectivity index (χ0n) is 14.9. The average molecular weight is 335 g/mol. The van der Waals surface area contributed by atoms with Gasteiger partial charge in [-0.1, -0.05) is 30.3 Å². The molecule has 0 spiro atoms. The molecule has 1 aliphatic heterocycles. The number of piperazine rings is 1. The third-order valence-corrected chi connectivity index (χ3v) is 5.31. The summed E-state index contributed by atoms with van der Waals surface area (Å²) in [7, 11) is 2.18. The summed E-state index contributed by atoms with van der Waals surface area (Å²) >= 11 is 0. The van der Waals surface area contributed by atoms with E-state index < -0.39 is 0 Å². The van der Waals surface area contributed by atoms with Crippen LogP contribution in [0.3, 0.4) is 0 Å². The van der Waals surface area contributed by atoms with Crippen molar-refractivity contribution in [2.45, 2.75) is 13.0 Å². The van der Waals surface area contributed by atoms with Gasteiger partial charge >= 0.3 is 0 Å². The van der Waals surface area contributed by atoms with Gasteiger partial charge in [0.1, 0.15) is 5.75 Å². The highest BCUT2D eigenvalue weighted by Gasteiger charge is 2.29. The second-order valence-corrected chi connectivity index (χ2v) is 7.05. The van der Waals surface area contributed by atoms with Crippen molar-refractivity contribution in [1.82, 2.24) is 14.8 Å². The number of likely N-dealkylation sites (N-methyl/N-ethyl adjacent to an activating group) is 1. The normalized spacial score (nSPS) is 17.8. The lowest BCUT2D eigenvalue weighted by Gasteiger charge is -2.38. The van der Waals surface area contributed by atoms with Crippen molar-refractivity contribution in [1.29, 1.82) is 0 Å². The quantitative estimate of drug-likeness (QED) is 0.770. The van der Waals surface area contributed by atoms with Crippen LogP contribution in [-0.4, -0.2) is 53.1 Å². The molecule has 25 heavy (non-hydrogen) atoms. The largest absolute Gasteiger partial charge is 0.508 e. The number of phenolic OH excluding ortho intramolecular Hbond substituents is 1. The van der Waals surface area contributed by atoms with Crippen LogP contribution in [0.15, 0.2) is 48.5 Å².